The molecule has 0 aliphatic rings. The van der Waals surface area contributed by atoms with Gasteiger partial charge in [0, 0.05) is 16.8 Å². The van der Waals surface area contributed by atoms with E-state index in [0.29, 0.717) is 26.4 Å². The van der Waals surface area contributed by atoms with Crippen LogP contribution in [0, 0.1) is 0 Å². The van der Waals surface area contributed by atoms with Crippen molar-refractivity contribution in [1.29, 1.82) is 0 Å². The molecule has 3 rings (SSSR count). The first kappa shape index (κ1) is 21.3. The second-order valence-corrected chi connectivity index (χ2v) is 7.20. The molecule has 0 fully saturated rings. The van der Waals surface area contributed by atoms with E-state index in [1.54, 1.807) is 30.3 Å². The fraction of sp³-hybridized carbons (Fsp3) is 0.0556. The topological polar surface area (TPSA) is 91.7 Å². The molecule has 1 aromatic heterocycles. The van der Waals surface area contributed by atoms with Gasteiger partial charge in [-0.1, -0.05) is 57.6 Å². The molecule has 0 atom stereocenters. The van der Waals surface area contributed by atoms with Crippen molar-refractivity contribution in [3.8, 4) is 5.75 Å². The molecule has 0 amide bonds. The molecule has 2 N–H and O–H groups in total. The Morgan fingerprint density at radius 2 is 1.79 bits per heavy atom. The van der Waals surface area contributed by atoms with Crippen LogP contribution < -0.4 is 10.5 Å². The van der Waals surface area contributed by atoms with E-state index in [-0.39, 0.29) is 23.3 Å². The Hall–Kier alpha value is -2.45. The maximum atomic E-state index is 12.1. The molecule has 3 aromatic rings. The minimum absolute atomic E-state index is 0.00221. The number of nitrogens with zero attached hydrogens (tertiary/aromatic N) is 3. The number of halogens is 4. The van der Waals surface area contributed by atoms with Crippen LogP contribution in [0.1, 0.15) is 16.1 Å². The minimum atomic E-state index is -0.812. The number of ether oxygens (including phenoxy) is 1. The minimum Gasteiger partial charge on any atom is -0.468 e. The van der Waals surface area contributed by atoms with Gasteiger partial charge < -0.3 is 15.3 Å². The monoisotopic (exact) mass is 472 g/mol. The van der Waals surface area contributed by atoms with E-state index in [1.165, 1.54) is 23.0 Å². The number of benzene rings is 2. The lowest BCUT2D eigenvalue weighted by Crippen LogP contribution is -2.16. The van der Waals surface area contributed by atoms with Crippen LogP contribution >= 0.6 is 46.4 Å². The van der Waals surface area contributed by atoms with Crippen LogP contribution in [0.15, 0.2) is 53.8 Å². The molecular weight excluding hydrogens is 462 g/mol. The van der Waals surface area contributed by atoms with Crippen LogP contribution in [0.3, 0.4) is 0 Å². The standard InChI is InChI=1S/C18H12Cl4N4O3/c19-10-4-5-11(14(22)8-10)17(23)25-29-18(27)15-6-7-26(24-15)9-28-16-12(20)2-1-3-13(16)21/h1-8H,9H2,(H2,23,25). The van der Waals surface area contributed by atoms with E-state index in [0.717, 1.165) is 0 Å². The first-order chi connectivity index (χ1) is 13.8. The van der Waals surface area contributed by atoms with Gasteiger partial charge in [-0.15, -0.1) is 0 Å². The van der Waals surface area contributed by atoms with Gasteiger partial charge in [-0.25, -0.2) is 9.48 Å². The smallest absolute Gasteiger partial charge is 0.385 e. The van der Waals surface area contributed by atoms with Gasteiger partial charge in [0.2, 0.25) is 0 Å². The summed E-state index contributed by atoms with van der Waals surface area (Å²) in [6.45, 7) is -0.0253. The third kappa shape index (κ3) is 5.33. The zero-order valence-electron chi connectivity index (χ0n) is 14.5. The molecule has 0 aliphatic heterocycles. The zero-order valence-corrected chi connectivity index (χ0v) is 17.5. The third-order valence-corrected chi connectivity index (χ3v) is 4.69. The van der Waals surface area contributed by atoms with Crippen molar-refractivity contribution in [3.05, 3.63) is 80.0 Å². The molecular formula is C18H12Cl4N4O3. The number of nitrogens with two attached hydrogens (primary N) is 1. The van der Waals surface area contributed by atoms with Crippen molar-refractivity contribution in [1.82, 2.24) is 9.78 Å². The molecule has 0 bridgehead atoms. The summed E-state index contributed by atoms with van der Waals surface area (Å²) in [7, 11) is 0. The highest BCUT2D eigenvalue weighted by molar-refractivity contribution is 6.37. The SMILES string of the molecule is N/C(=N\OC(=O)c1ccn(COc2c(Cl)cccc2Cl)n1)c1ccc(Cl)cc1Cl. The lowest BCUT2D eigenvalue weighted by Gasteiger charge is -2.09. The van der Waals surface area contributed by atoms with E-state index in [2.05, 4.69) is 10.3 Å². The van der Waals surface area contributed by atoms with Crippen LogP contribution in [0.25, 0.3) is 0 Å². The summed E-state index contributed by atoms with van der Waals surface area (Å²) in [5, 5.41) is 9.06. The van der Waals surface area contributed by atoms with Gasteiger partial charge >= 0.3 is 5.97 Å². The molecule has 0 saturated carbocycles. The van der Waals surface area contributed by atoms with Crippen molar-refractivity contribution in [2.45, 2.75) is 6.73 Å². The summed E-state index contributed by atoms with van der Waals surface area (Å²) in [6.07, 6.45) is 1.52. The van der Waals surface area contributed by atoms with E-state index >= 15 is 0 Å². The van der Waals surface area contributed by atoms with Gasteiger partial charge in [-0.3, -0.25) is 0 Å². The van der Waals surface area contributed by atoms with Crippen molar-refractivity contribution in [2.75, 3.05) is 0 Å². The Bertz CT molecular complexity index is 1060. The number of oxime groups is 1. The lowest BCUT2D eigenvalue weighted by molar-refractivity contribution is 0.0507. The molecule has 0 saturated heterocycles. The fourth-order valence-corrected chi connectivity index (χ4v) is 3.19. The average molecular weight is 474 g/mol. The number of hydrogen-bond acceptors (Lipinski definition) is 5. The predicted octanol–water partition coefficient (Wildman–Crippen LogP) is 5.01. The van der Waals surface area contributed by atoms with Gasteiger partial charge in [0.15, 0.2) is 24.0 Å². The molecule has 2 aromatic carbocycles. The van der Waals surface area contributed by atoms with E-state index in [1.807, 2.05) is 0 Å². The van der Waals surface area contributed by atoms with Crippen molar-refractivity contribution in [2.24, 2.45) is 10.9 Å². The van der Waals surface area contributed by atoms with Crippen molar-refractivity contribution in [3.63, 3.8) is 0 Å². The molecule has 0 unspecified atom stereocenters. The predicted molar refractivity (Wildman–Crippen MR) is 112 cm³/mol. The molecule has 0 spiro atoms. The number of hydrogen-bond donors (Lipinski definition) is 1. The molecule has 1 heterocycles. The Morgan fingerprint density at radius 3 is 2.48 bits per heavy atom. The largest absolute Gasteiger partial charge is 0.468 e. The second kappa shape index (κ2) is 9.37. The Balaban J connectivity index is 1.63. The van der Waals surface area contributed by atoms with Crippen LogP contribution in [0.5, 0.6) is 5.75 Å². The van der Waals surface area contributed by atoms with Crippen molar-refractivity contribution < 1.29 is 14.4 Å². The molecule has 0 radical (unpaired) electrons. The molecule has 29 heavy (non-hydrogen) atoms. The van der Waals surface area contributed by atoms with Crippen LogP contribution in [0.4, 0.5) is 0 Å². The summed E-state index contributed by atoms with van der Waals surface area (Å²) in [4.78, 5) is 16.9. The number of aromatic nitrogens is 2. The van der Waals surface area contributed by atoms with Gasteiger partial charge in [-0.05, 0) is 36.4 Å². The number of rotatable bonds is 6. The van der Waals surface area contributed by atoms with Crippen molar-refractivity contribution >= 4 is 58.2 Å². The summed E-state index contributed by atoms with van der Waals surface area (Å²) in [5.74, 6) is -0.587. The summed E-state index contributed by atoms with van der Waals surface area (Å²) >= 11 is 23.9. The van der Waals surface area contributed by atoms with E-state index in [4.69, 9.17) is 61.7 Å². The molecule has 0 aliphatic carbocycles. The van der Waals surface area contributed by atoms with Crippen LogP contribution in [-0.2, 0) is 11.6 Å². The maximum absolute atomic E-state index is 12.1. The lowest BCUT2D eigenvalue weighted by atomic mass is 10.2. The van der Waals surface area contributed by atoms with Gasteiger partial charge in [0.05, 0.1) is 15.1 Å². The van der Waals surface area contributed by atoms with Crippen LogP contribution in [0.2, 0.25) is 20.1 Å². The highest BCUT2D eigenvalue weighted by Gasteiger charge is 2.14. The fourth-order valence-electron chi connectivity index (χ4n) is 2.18. The summed E-state index contributed by atoms with van der Waals surface area (Å²) in [6, 6.07) is 11.1. The Morgan fingerprint density at radius 1 is 1.07 bits per heavy atom. The van der Waals surface area contributed by atoms with Gasteiger partial charge in [0.1, 0.15) is 0 Å². The molecule has 7 nitrogen and oxygen atoms in total. The highest BCUT2D eigenvalue weighted by atomic mass is 35.5. The third-order valence-electron chi connectivity index (χ3n) is 3.54. The summed E-state index contributed by atoms with van der Waals surface area (Å²) < 4.78 is 6.90. The number of para-hydroxylation sites is 1. The maximum Gasteiger partial charge on any atom is 0.385 e. The number of carbonyl (C=O) groups is 1. The number of amidine groups is 1. The van der Waals surface area contributed by atoms with Crippen LogP contribution in [-0.4, -0.2) is 21.6 Å². The second-order valence-electron chi connectivity index (χ2n) is 5.54. The summed E-state index contributed by atoms with van der Waals surface area (Å²) in [5.41, 5.74) is 6.16. The number of carbonyl (C=O) groups excluding carboxylic acids is 1. The van der Waals surface area contributed by atoms with E-state index in [9.17, 15) is 4.79 Å². The molecule has 150 valence electrons. The normalized spacial score (nSPS) is 11.4. The van der Waals surface area contributed by atoms with E-state index < -0.39 is 5.97 Å². The average Bonchev–Trinajstić information content (AvgIpc) is 3.14. The Labute approximate surface area is 185 Å². The highest BCUT2D eigenvalue weighted by Crippen LogP contribution is 2.32. The zero-order chi connectivity index (χ0) is 21.0. The first-order valence-corrected chi connectivity index (χ1v) is 9.47. The van der Waals surface area contributed by atoms with Gasteiger partial charge in [0.25, 0.3) is 0 Å². The Kier molecular flexibility index (Phi) is 6.87. The quantitative estimate of drug-likeness (QED) is 0.235. The van der Waals surface area contributed by atoms with Gasteiger partial charge in [-0.2, -0.15) is 5.10 Å². The molecule has 11 heteroatoms. The first-order valence-electron chi connectivity index (χ1n) is 7.95.